The van der Waals surface area contributed by atoms with Gasteiger partial charge in [0, 0.05) is 6.26 Å². The Morgan fingerprint density at radius 3 is 2.80 bits per heavy atom. The number of halogens is 1. The summed E-state index contributed by atoms with van der Waals surface area (Å²) in [6.07, 6.45) is 2.44. The first-order chi connectivity index (χ1) is 9.32. The van der Waals surface area contributed by atoms with Crippen molar-refractivity contribution >= 4 is 43.3 Å². The van der Waals surface area contributed by atoms with Gasteiger partial charge in [0.15, 0.2) is 5.65 Å². The van der Waals surface area contributed by atoms with Crippen LogP contribution < -0.4 is 5.32 Å². The zero-order chi connectivity index (χ0) is 14.9. The fourth-order valence-corrected chi connectivity index (χ4v) is 2.19. The van der Waals surface area contributed by atoms with Crippen molar-refractivity contribution in [2.24, 2.45) is 0 Å². The molecule has 108 valence electrons. The molecule has 2 aromatic rings. The number of aromatic nitrogens is 4. The van der Waals surface area contributed by atoms with Crippen molar-refractivity contribution in [3.8, 4) is 0 Å². The number of esters is 1. The SMILES string of the molecule is COC(=O)CNc1nc(S(C)(=O)=O)nc2c(Br)cnn12. The molecule has 2 aromatic heterocycles. The number of nitrogens with zero attached hydrogens (tertiary/aromatic N) is 4. The van der Waals surface area contributed by atoms with Crippen molar-refractivity contribution < 1.29 is 17.9 Å². The summed E-state index contributed by atoms with van der Waals surface area (Å²) >= 11 is 3.21. The van der Waals surface area contributed by atoms with Gasteiger partial charge in [0.1, 0.15) is 6.54 Å². The normalized spacial score (nSPS) is 11.6. The van der Waals surface area contributed by atoms with E-state index in [0.29, 0.717) is 4.47 Å². The molecule has 2 rings (SSSR count). The van der Waals surface area contributed by atoms with Crippen LogP contribution in [0.15, 0.2) is 15.8 Å². The summed E-state index contributed by atoms with van der Waals surface area (Å²) in [7, 11) is -2.35. The van der Waals surface area contributed by atoms with Gasteiger partial charge in [0.05, 0.1) is 17.8 Å². The van der Waals surface area contributed by atoms with Crippen LogP contribution >= 0.6 is 15.9 Å². The van der Waals surface area contributed by atoms with Crippen molar-refractivity contribution in [1.82, 2.24) is 19.6 Å². The highest BCUT2D eigenvalue weighted by molar-refractivity contribution is 9.10. The van der Waals surface area contributed by atoms with E-state index >= 15 is 0 Å². The number of rotatable bonds is 4. The molecule has 20 heavy (non-hydrogen) atoms. The van der Waals surface area contributed by atoms with E-state index in [4.69, 9.17) is 0 Å². The number of methoxy groups -OCH3 is 1. The number of hydrogen-bond donors (Lipinski definition) is 1. The number of carbonyl (C=O) groups excluding carboxylic acids is 1. The fraction of sp³-hybridized carbons (Fsp3) is 0.333. The van der Waals surface area contributed by atoms with Gasteiger partial charge < -0.3 is 10.1 Å². The summed E-state index contributed by atoms with van der Waals surface area (Å²) < 4.78 is 29.4. The third kappa shape index (κ3) is 2.88. The van der Waals surface area contributed by atoms with Crippen LogP contribution in [0.2, 0.25) is 0 Å². The maximum atomic E-state index is 11.6. The first-order valence-electron chi connectivity index (χ1n) is 5.25. The third-order valence-corrected chi connectivity index (χ3v) is 3.66. The van der Waals surface area contributed by atoms with E-state index in [1.54, 1.807) is 0 Å². The van der Waals surface area contributed by atoms with Crippen LogP contribution in [-0.2, 0) is 19.4 Å². The van der Waals surface area contributed by atoms with Crippen molar-refractivity contribution in [2.45, 2.75) is 5.16 Å². The number of ether oxygens (including phenoxy) is 1. The fourth-order valence-electron chi connectivity index (χ4n) is 1.33. The van der Waals surface area contributed by atoms with Gasteiger partial charge in [-0.2, -0.15) is 19.6 Å². The number of nitrogens with one attached hydrogen (secondary N) is 1. The average molecular weight is 364 g/mol. The molecule has 0 saturated heterocycles. The topological polar surface area (TPSA) is 116 Å². The Morgan fingerprint density at radius 1 is 1.50 bits per heavy atom. The van der Waals surface area contributed by atoms with Crippen LogP contribution in [0.1, 0.15) is 0 Å². The summed E-state index contributed by atoms with van der Waals surface area (Å²) in [6.45, 7) is -0.177. The highest BCUT2D eigenvalue weighted by atomic mass is 79.9. The number of sulfone groups is 1. The summed E-state index contributed by atoms with van der Waals surface area (Å²) in [6, 6.07) is 0. The maximum absolute atomic E-state index is 11.6. The van der Waals surface area contributed by atoms with Gasteiger partial charge in [-0.25, -0.2) is 8.42 Å². The molecule has 11 heteroatoms. The lowest BCUT2D eigenvalue weighted by atomic mass is 10.6. The molecule has 0 aliphatic heterocycles. The highest BCUT2D eigenvalue weighted by Crippen LogP contribution is 2.19. The molecular weight excluding hydrogens is 354 g/mol. The largest absolute Gasteiger partial charge is 0.468 e. The van der Waals surface area contributed by atoms with Crippen LogP contribution in [0.3, 0.4) is 0 Å². The molecule has 0 amide bonds. The van der Waals surface area contributed by atoms with Crippen molar-refractivity contribution in [3.05, 3.63) is 10.7 Å². The number of anilines is 1. The van der Waals surface area contributed by atoms with Crippen LogP contribution in [0, 0.1) is 0 Å². The molecule has 0 bridgehead atoms. The zero-order valence-corrected chi connectivity index (χ0v) is 12.9. The van der Waals surface area contributed by atoms with Crippen molar-refractivity contribution in [1.29, 1.82) is 0 Å². The molecule has 0 aliphatic carbocycles. The Kier molecular flexibility index (Phi) is 3.90. The van der Waals surface area contributed by atoms with Gasteiger partial charge in [0.2, 0.25) is 15.8 Å². The van der Waals surface area contributed by atoms with Gasteiger partial charge >= 0.3 is 5.97 Å². The molecule has 0 aliphatic rings. The van der Waals surface area contributed by atoms with Crippen LogP contribution in [0.5, 0.6) is 0 Å². The Hall–Kier alpha value is -1.75. The lowest BCUT2D eigenvalue weighted by Crippen LogP contribution is -2.19. The first-order valence-corrected chi connectivity index (χ1v) is 7.93. The van der Waals surface area contributed by atoms with E-state index in [9.17, 15) is 13.2 Å². The van der Waals surface area contributed by atoms with Crippen LogP contribution in [0.4, 0.5) is 5.95 Å². The molecule has 0 aromatic carbocycles. The molecule has 2 heterocycles. The van der Waals surface area contributed by atoms with E-state index in [1.807, 2.05) is 0 Å². The van der Waals surface area contributed by atoms with Crippen LogP contribution in [0.25, 0.3) is 5.65 Å². The molecule has 9 nitrogen and oxygen atoms in total. The van der Waals surface area contributed by atoms with Gasteiger partial charge in [0.25, 0.3) is 5.16 Å². The zero-order valence-electron chi connectivity index (χ0n) is 10.5. The Balaban J connectivity index is 2.54. The first kappa shape index (κ1) is 14.7. The molecule has 0 unspecified atom stereocenters. The molecule has 0 saturated carbocycles. The molecular formula is C9H10BrN5O4S. The van der Waals surface area contributed by atoms with Crippen molar-refractivity contribution in [2.75, 3.05) is 25.2 Å². The van der Waals surface area contributed by atoms with Gasteiger partial charge in [-0.1, -0.05) is 0 Å². The predicted molar refractivity (Wildman–Crippen MR) is 72.1 cm³/mol. The summed E-state index contributed by atoms with van der Waals surface area (Å²) in [4.78, 5) is 18.9. The number of fused-ring (bicyclic) bond motifs is 1. The third-order valence-electron chi connectivity index (χ3n) is 2.25. The van der Waals surface area contributed by atoms with Crippen molar-refractivity contribution in [3.63, 3.8) is 0 Å². The standard InChI is InChI=1S/C9H10BrN5O4S/c1-19-6(16)4-11-8-14-9(20(2,17)18)13-7-5(10)3-12-15(7)8/h3H,4H2,1-2H3,(H,11,13,14). The lowest BCUT2D eigenvalue weighted by Gasteiger charge is -2.07. The quantitative estimate of drug-likeness (QED) is 0.747. The average Bonchev–Trinajstić information content (AvgIpc) is 2.76. The summed E-state index contributed by atoms with van der Waals surface area (Å²) in [5, 5.41) is 6.27. The molecule has 0 radical (unpaired) electrons. The molecule has 1 N–H and O–H groups in total. The predicted octanol–water partition coefficient (Wildman–Crippen LogP) is -0.125. The Labute approximate surface area is 122 Å². The molecule has 0 spiro atoms. The van der Waals surface area contributed by atoms with Gasteiger partial charge in [-0.05, 0) is 15.9 Å². The maximum Gasteiger partial charge on any atom is 0.325 e. The minimum Gasteiger partial charge on any atom is -0.468 e. The molecule has 0 atom stereocenters. The van der Waals surface area contributed by atoms with E-state index in [0.717, 1.165) is 6.26 Å². The highest BCUT2D eigenvalue weighted by Gasteiger charge is 2.18. The second kappa shape index (κ2) is 5.32. The summed E-state index contributed by atoms with van der Waals surface area (Å²) in [5.41, 5.74) is 0.271. The Morgan fingerprint density at radius 2 is 2.20 bits per heavy atom. The van der Waals surface area contributed by atoms with Crippen LogP contribution in [-0.4, -0.2) is 53.9 Å². The van der Waals surface area contributed by atoms with E-state index in [1.165, 1.54) is 17.8 Å². The second-order valence-corrected chi connectivity index (χ2v) is 6.52. The monoisotopic (exact) mass is 363 g/mol. The number of carbonyl (C=O) groups is 1. The van der Waals surface area contributed by atoms with E-state index in [2.05, 4.69) is 41.1 Å². The molecule has 0 fully saturated rings. The smallest absolute Gasteiger partial charge is 0.325 e. The van der Waals surface area contributed by atoms with E-state index < -0.39 is 15.8 Å². The van der Waals surface area contributed by atoms with Gasteiger partial charge in [-0.3, -0.25) is 4.79 Å². The minimum absolute atomic E-state index is 0.0755. The number of hydrogen-bond acceptors (Lipinski definition) is 8. The minimum atomic E-state index is -3.60. The second-order valence-electron chi connectivity index (χ2n) is 3.76. The van der Waals surface area contributed by atoms with E-state index in [-0.39, 0.29) is 23.3 Å². The van der Waals surface area contributed by atoms with Gasteiger partial charge in [-0.15, -0.1) is 0 Å². The lowest BCUT2D eigenvalue weighted by molar-refractivity contribution is -0.138. The Bertz CT molecular complexity index is 772. The summed E-state index contributed by atoms with van der Waals surface area (Å²) in [5.74, 6) is -0.449.